The molecule has 0 radical (unpaired) electrons. The highest BCUT2D eigenvalue weighted by Gasteiger charge is 2.06. The van der Waals surface area contributed by atoms with Crippen molar-refractivity contribution in [1.29, 1.82) is 0 Å². The molecular formula is C9H11N3O. The van der Waals surface area contributed by atoms with E-state index in [2.05, 4.69) is 4.98 Å². The second-order valence-corrected chi connectivity index (χ2v) is 2.96. The van der Waals surface area contributed by atoms with Crippen LogP contribution in [0.5, 0.6) is 5.75 Å². The van der Waals surface area contributed by atoms with Crippen LogP contribution < -0.4 is 5.73 Å². The van der Waals surface area contributed by atoms with E-state index in [1.165, 1.54) is 0 Å². The van der Waals surface area contributed by atoms with Crippen molar-refractivity contribution in [2.45, 2.75) is 13.5 Å². The van der Waals surface area contributed by atoms with E-state index < -0.39 is 0 Å². The Morgan fingerprint density at radius 1 is 1.54 bits per heavy atom. The Labute approximate surface area is 75.6 Å². The average molecular weight is 177 g/mol. The zero-order valence-corrected chi connectivity index (χ0v) is 7.36. The highest BCUT2D eigenvalue weighted by molar-refractivity contribution is 5.45. The number of nitrogens with zero attached hydrogens (tertiary/aromatic N) is 2. The van der Waals surface area contributed by atoms with Crippen LogP contribution in [0.15, 0.2) is 18.3 Å². The Bertz CT molecular complexity index is 447. The van der Waals surface area contributed by atoms with Crippen LogP contribution in [0, 0.1) is 6.92 Å². The Morgan fingerprint density at radius 3 is 3.00 bits per heavy atom. The molecule has 0 spiro atoms. The SMILES string of the molecule is Cc1nc2ccc(O)cn2c1CN. The first-order valence-electron chi connectivity index (χ1n) is 4.09. The Hall–Kier alpha value is -1.55. The van der Waals surface area contributed by atoms with Gasteiger partial charge in [-0.3, -0.25) is 4.40 Å². The number of imidazole rings is 1. The lowest BCUT2D eigenvalue weighted by atomic mass is 10.3. The molecule has 4 nitrogen and oxygen atoms in total. The average Bonchev–Trinajstić information content (AvgIpc) is 2.40. The van der Waals surface area contributed by atoms with Gasteiger partial charge in [0.25, 0.3) is 0 Å². The largest absolute Gasteiger partial charge is 0.506 e. The number of hydrogen-bond acceptors (Lipinski definition) is 3. The zero-order chi connectivity index (χ0) is 9.42. The molecule has 13 heavy (non-hydrogen) atoms. The Morgan fingerprint density at radius 2 is 2.31 bits per heavy atom. The summed E-state index contributed by atoms with van der Waals surface area (Å²) in [4.78, 5) is 4.30. The molecule has 68 valence electrons. The van der Waals surface area contributed by atoms with Crippen molar-refractivity contribution in [2.24, 2.45) is 5.73 Å². The van der Waals surface area contributed by atoms with E-state index in [0.29, 0.717) is 6.54 Å². The molecule has 0 aliphatic carbocycles. The maximum atomic E-state index is 9.27. The molecule has 0 atom stereocenters. The summed E-state index contributed by atoms with van der Waals surface area (Å²) in [5, 5.41) is 9.27. The molecule has 0 aliphatic rings. The third-order valence-corrected chi connectivity index (χ3v) is 2.10. The molecule has 0 fully saturated rings. The Balaban J connectivity index is 2.80. The van der Waals surface area contributed by atoms with E-state index in [4.69, 9.17) is 5.73 Å². The zero-order valence-electron chi connectivity index (χ0n) is 7.36. The molecule has 0 aliphatic heterocycles. The summed E-state index contributed by atoms with van der Waals surface area (Å²) < 4.78 is 1.81. The van der Waals surface area contributed by atoms with Crippen LogP contribution in [-0.4, -0.2) is 14.5 Å². The van der Waals surface area contributed by atoms with Gasteiger partial charge in [0.15, 0.2) is 0 Å². The summed E-state index contributed by atoms with van der Waals surface area (Å²) in [6, 6.07) is 3.38. The molecule has 0 saturated heterocycles. The predicted octanol–water partition coefficient (Wildman–Crippen LogP) is 0.807. The minimum atomic E-state index is 0.222. The molecule has 0 saturated carbocycles. The molecule has 3 N–H and O–H groups in total. The minimum Gasteiger partial charge on any atom is -0.506 e. The molecule has 0 amide bonds. The molecule has 2 rings (SSSR count). The fraction of sp³-hybridized carbons (Fsp3) is 0.222. The molecule has 0 aromatic carbocycles. The van der Waals surface area contributed by atoms with E-state index >= 15 is 0 Å². The maximum absolute atomic E-state index is 9.27. The number of aromatic nitrogens is 2. The molecule has 2 heterocycles. The summed E-state index contributed by atoms with van der Waals surface area (Å²) in [6.07, 6.45) is 1.62. The summed E-state index contributed by atoms with van der Waals surface area (Å²) in [6.45, 7) is 2.34. The van der Waals surface area contributed by atoms with Gasteiger partial charge in [0.2, 0.25) is 0 Å². The molecule has 4 heteroatoms. The van der Waals surface area contributed by atoms with Crippen LogP contribution in [0.4, 0.5) is 0 Å². The molecule has 0 unspecified atom stereocenters. The van der Waals surface area contributed by atoms with Crippen LogP contribution in [0.25, 0.3) is 5.65 Å². The van der Waals surface area contributed by atoms with E-state index in [9.17, 15) is 5.11 Å². The quantitative estimate of drug-likeness (QED) is 0.677. The summed E-state index contributed by atoms with van der Waals surface area (Å²) in [7, 11) is 0. The second kappa shape index (κ2) is 2.74. The fourth-order valence-corrected chi connectivity index (χ4v) is 1.45. The second-order valence-electron chi connectivity index (χ2n) is 2.96. The van der Waals surface area contributed by atoms with Gasteiger partial charge in [0.05, 0.1) is 17.6 Å². The van der Waals surface area contributed by atoms with Gasteiger partial charge in [-0.25, -0.2) is 4.98 Å². The lowest BCUT2D eigenvalue weighted by molar-refractivity contribution is 0.471. The highest BCUT2D eigenvalue weighted by atomic mass is 16.3. The topological polar surface area (TPSA) is 63.5 Å². The first-order valence-corrected chi connectivity index (χ1v) is 4.09. The first-order chi connectivity index (χ1) is 6.22. The van der Waals surface area contributed by atoms with Gasteiger partial charge in [-0.15, -0.1) is 0 Å². The smallest absolute Gasteiger partial charge is 0.137 e. The van der Waals surface area contributed by atoms with Gasteiger partial charge < -0.3 is 10.8 Å². The number of hydrogen-bond donors (Lipinski definition) is 2. The van der Waals surface area contributed by atoms with Crippen molar-refractivity contribution in [3.63, 3.8) is 0 Å². The van der Waals surface area contributed by atoms with Crippen molar-refractivity contribution in [2.75, 3.05) is 0 Å². The van der Waals surface area contributed by atoms with E-state index in [1.807, 2.05) is 11.3 Å². The highest BCUT2D eigenvalue weighted by Crippen LogP contribution is 2.15. The van der Waals surface area contributed by atoms with Crippen molar-refractivity contribution in [1.82, 2.24) is 9.38 Å². The fourth-order valence-electron chi connectivity index (χ4n) is 1.45. The van der Waals surface area contributed by atoms with Gasteiger partial charge in [0, 0.05) is 6.54 Å². The number of aryl methyl sites for hydroxylation is 1. The third kappa shape index (κ3) is 1.15. The standard InChI is InChI=1S/C9H11N3O/c1-6-8(4-10)12-5-7(13)2-3-9(12)11-6/h2-3,5,13H,4,10H2,1H3. The van der Waals surface area contributed by atoms with E-state index in [1.54, 1.807) is 18.3 Å². The van der Waals surface area contributed by atoms with Crippen LogP contribution in [0.2, 0.25) is 0 Å². The van der Waals surface area contributed by atoms with Crippen LogP contribution in [0.3, 0.4) is 0 Å². The number of nitrogens with two attached hydrogens (primary N) is 1. The number of fused-ring (bicyclic) bond motifs is 1. The van der Waals surface area contributed by atoms with Crippen LogP contribution in [0.1, 0.15) is 11.4 Å². The number of aromatic hydroxyl groups is 1. The third-order valence-electron chi connectivity index (χ3n) is 2.10. The lowest BCUT2D eigenvalue weighted by Crippen LogP contribution is -2.02. The minimum absolute atomic E-state index is 0.222. The van der Waals surface area contributed by atoms with Crippen molar-refractivity contribution < 1.29 is 5.11 Å². The molecular weight excluding hydrogens is 166 g/mol. The van der Waals surface area contributed by atoms with Crippen molar-refractivity contribution >= 4 is 5.65 Å². The van der Waals surface area contributed by atoms with Crippen LogP contribution >= 0.6 is 0 Å². The number of rotatable bonds is 1. The van der Waals surface area contributed by atoms with Crippen molar-refractivity contribution in [3.05, 3.63) is 29.7 Å². The van der Waals surface area contributed by atoms with Gasteiger partial charge in [0.1, 0.15) is 11.4 Å². The monoisotopic (exact) mass is 177 g/mol. The summed E-state index contributed by atoms with van der Waals surface area (Å²) in [5.74, 6) is 0.222. The van der Waals surface area contributed by atoms with Gasteiger partial charge in [-0.2, -0.15) is 0 Å². The normalized spacial score (nSPS) is 10.9. The molecule has 2 aromatic rings. The van der Waals surface area contributed by atoms with E-state index in [-0.39, 0.29) is 5.75 Å². The Kier molecular flexibility index (Phi) is 1.70. The van der Waals surface area contributed by atoms with Gasteiger partial charge in [-0.1, -0.05) is 0 Å². The maximum Gasteiger partial charge on any atom is 0.137 e. The van der Waals surface area contributed by atoms with Gasteiger partial charge in [-0.05, 0) is 19.1 Å². The summed E-state index contributed by atoms with van der Waals surface area (Å²) in [5.41, 5.74) is 8.23. The van der Waals surface area contributed by atoms with Crippen molar-refractivity contribution in [3.8, 4) is 5.75 Å². The predicted molar refractivity (Wildman–Crippen MR) is 49.5 cm³/mol. The first kappa shape index (κ1) is 8.07. The number of pyridine rings is 1. The van der Waals surface area contributed by atoms with E-state index in [0.717, 1.165) is 17.0 Å². The van der Waals surface area contributed by atoms with Crippen LogP contribution in [-0.2, 0) is 6.54 Å². The molecule has 2 aromatic heterocycles. The summed E-state index contributed by atoms with van der Waals surface area (Å²) >= 11 is 0. The molecule has 0 bridgehead atoms. The lowest BCUT2D eigenvalue weighted by Gasteiger charge is -1.99. The van der Waals surface area contributed by atoms with Gasteiger partial charge >= 0.3 is 0 Å².